The second kappa shape index (κ2) is 9.72. The van der Waals surface area contributed by atoms with Crippen molar-refractivity contribution < 1.29 is 19.1 Å². The molecule has 0 bridgehead atoms. The summed E-state index contributed by atoms with van der Waals surface area (Å²) < 4.78 is 5.03. The number of halogens is 1. The largest absolute Gasteiger partial charge is 0.455 e. The number of urea groups is 1. The van der Waals surface area contributed by atoms with Gasteiger partial charge in [-0.3, -0.25) is 14.9 Å². The molecule has 24 heavy (non-hydrogen) atoms. The topological polar surface area (TPSA) is 84.5 Å². The van der Waals surface area contributed by atoms with Crippen molar-refractivity contribution in [1.29, 1.82) is 0 Å². The number of hydrogen-bond acceptors (Lipinski definition) is 4. The number of hydrogen-bond donors (Lipinski definition) is 2. The van der Waals surface area contributed by atoms with Crippen molar-refractivity contribution in [3.8, 4) is 0 Å². The Morgan fingerprint density at radius 1 is 1.25 bits per heavy atom. The van der Waals surface area contributed by atoms with E-state index in [1.165, 1.54) is 6.08 Å². The van der Waals surface area contributed by atoms with Gasteiger partial charge in [0, 0.05) is 11.6 Å². The van der Waals surface area contributed by atoms with Gasteiger partial charge in [0.15, 0.2) is 6.61 Å². The zero-order valence-corrected chi connectivity index (χ0v) is 14.4. The minimum atomic E-state index is -0.705. The van der Waals surface area contributed by atoms with Gasteiger partial charge in [0.05, 0.1) is 5.92 Å². The molecule has 2 N–H and O–H groups in total. The van der Waals surface area contributed by atoms with E-state index >= 15 is 0 Å². The van der Waals surface area contributed by atoms with Gasteiger partial charge in [-0.25, -0.2) is 4.79 Å². The van der Waals surface area contributed by atoms with Gasteiger partial charge in [-0.15, -0.1) is 6.58 Å². The molecule has 0 radical (unpaired) electrons. The highest BCUT2D eigenvalue weighted by atomic mass is 35.5. The molecular formula is C17H21ClN2O4. The van der Waals surface area contributed by atoms with Crippen LogP contribution in [0.4, 0.5) is 4.79 Å². The van der Waals surface area contributed by atoms with Crippen LogP contribution >= 0.6 is 11.6 Å². The summed E-state index contributed by atoms with van der Waals surface area (Å²) in [5.74, 6) is -1.79. The molecule has 0 saturated heterocycles. The predicted molar refractivity (Wildman–Crippen MR) is 91.7 cm³/mol. The van der Waals surface area contributed by atoms with Crippen molar-refractivity contribution in [3.63, 3.8) is 0 Å². The van der Waals surface area contributed by atoms with Gasteiger partial charge in [0.2, 0.25) is 0 Å². The van der Waals surface area contributed by atoms with E-state index < -0.39 is 30.4 Å². The molecule has 1 atom stereocenters. The van der Waals surface area contributed by atoms with E-state index in [-0.39, 0.29) is 12.5 Å². The first-order valence-corrected chi connectivity index (χ1v) is 7.83. The van der Waals surface area contributed by atoms with E-state index in [0.29, 0.717) is 5.02 Å². The van der Waals surface area contributed by atoms with Crippen molar-refractivity contribution >= 4 is 29.5 Å². The maximum Gasteiger partial charge on any atom is 0.321 e. The average molecular weight is 353 g/mol. The zero-order valence-electron chi connectivity index (χ0n) is 13.7. The van der Waals surface area contributed by atoms with Gasteiger partial charge >= 0.3 is 12.0 Å². The van der Waals surface area contributed by atoms with Gasteiger partial charge < -0.3 is 10.1 Å². The lowest BCUT2D eigenvalue weighted by Gasteiger charge is -2.19. The Bertz CT molecular complexity index is 599. The first-order chi connectivity index (χ1) is 11.3. The van der Waals surface area contributed by atoms with Crippen molar-refractivity contribution in [2.75, 3.05) is 13.2 Å². The van der Waals surface area contributed by atoms with Gasteiger partial charge in [0.25, 0.3) is 5.91 Å². The summed E-state index contributed by atoms with van der Waals surface area (Å²) in [5, 5.41) is 5.00. The van der Waals surface area contributed by atoms with Crippen LogP contribution in [0.25, 0.3) is 0 Å². The fourth-order valence-corrected chi connectivity index (χ4v) is 2.19. The number of amides is 3. The van der Waals surface area contributed by atoms with Crippen LogP contribution in [0.1, 0.15) is 25.3 Å². The molecule has 1 aromatic carbocycles. The molecular weight excluding hydrogens is 332 g/mol. The minimum absolute atomic E-state index is 0.0300. The number of esters is 1. The number of carbonyl (C=O) groups is 3. The zero-order chi connectivity index (χ0) is 18.1. The quantitative estimate of drug-likeness (QED) is 0.583. The monoisotopic (exact) mass is 352 g/mol. The second-order valence-electron chi connectivity index (χ2n) is 5.43. The lowest BCUT2D eigenvalue weighted by molar-refractivity contribution is -0.150. The number of nitrogens with one attached hydrogen (secondary N) is 2. The third-order valence-corrected chi connectivity index (χ3v) is 3.41. The fraction of sp³-hybridized carbons (Fsp3) is 0.353. The highest BCUT2D eigenvalue weighted by molar-refractivity contribution is 6.30. The molecule has 6 nitrogen and oxygen atoms in total. The standard InChI is InChI=1S/C17H21ClN2O4/c1-4-9-19-17(23)20-14(21)10-24-16(22)15(11(2)3)12-5-7-13(18)8-6-12/h4-8,11,15H,1,9-10H2,2-3H3,(H2,19,20,21,23)/t15-/m0/s1. The van der Waals surface area contributed by atoms with E-state index in [9.17, 15) is 14.4 Å². The van der Waals surface area contributed by atoms with Crippen LogP contribution in [0.5, 0.6) is 0 Å². The molecule has 1 rings (SSSR count). The summed E-state index contributed by atoms with van der Waals surface area (Å²) in [6, 6.07) is 6.20. The van der Waals surface area contributed by atoms with Crippen LogP contribution in [-0.2, 0) is 14.3 Å². The highest BCUT2D eigenvalue weighted by Crippen LogP contribution is 2.27. The van der Waals surface area contributed by atoms with E-state index in [0.717, 1.165) is 5.56 Å². The molecule has 0 saturated carbocycles. The van der Waals surface area contributed by atoms with E-state index in [4.69, 9.17) is 16.3 Å². The minimum Gasteiger partial charge on any atom is -0.455 e. The molecule has 130 valence electrons. The van der Waals surface area contributed by atoms with Crippen molar-refractivity contribution in [2.24, 2.45) is 5.92 Å². The molecule has 0 aliphatic carbocycles. The molecule has 0 spiro atoms. The molecule has 0 unspecified atom stereocenters. The summed E-state index contributed by atoms with van der Waals surface area (Å²) >= 11 is 5.85. The van der Waals surface area contributed by atoms with E-state index in [1.54, 1.807) is 24.3 Å². The Labute approximate surface area is 146 Å². The van der Waals surface area contributed by atoms with Gasteiger partial charge in [-0.1, -0.05) is 43.7 Å². The van der Waals surface area contributed by atoms with Gasteiger partial charge in [0.1, 0.15) is 0 Å². The average Bonchev–Trinajstić information content (AvgIpc) is 2.52. The normalized spacial score (nSPS) is 11.5. The van der Waals surface area contributed by atoms with Crippen LogP contribution in [0.2, 0.25) is 5.02 Å². The fourth-order valence-electron chi connectivity index (χ4n) is 2.06. The van der Waals surface area contributed by atoms with Crippen LogP contribution in [0.3, 0.4) is 0 Å². The van der Waals surface area contributed by atoms with Crippen molar-refractivity contribution in [3.05, 3.63) is 47.5 Å². The number of benzene rings is 1. The molecule has 7 heteroatoms. The number of imide groups is 1. The van der Waals surface area contributed by atoms with E-state index in [2.05, 4.69) is 17.2 Å². The third kappa shape index (κ3) is 6.42. The summed E-state index contributed by atoms with van der Waals surface area (Å²) in [7, 11) is 0. The summed E-state index contributed by atoms with van der Waals surface area (Å²) in [4.78, 5) is 35.2. The molecule has 3 amide bonds. The first-order valence-electron chi connectivity index (χ1n) is 7.45. The summed E-state index contributed by atoms with van der Waals surface area (Å²) in [5.41, 5.74) is 0.753. The second-order valence-corrected chi connectivity index (χ2v) is 5.86. The Balaban J connectivity index is 2.60. The van der Waals surface area contributed by atoms with Crippen LogP contribution in [-0.4, -0.2) is 31.1 Å². The Kier molecular flexibility index (Phi) is 7.98. The maximum absolute atomic E-state index is 12.3. The lowest BCUT2D eigenvalue weighted by Crippen LogP contribution is -2.41. The molecule has 0 fully saturated rings. The molecule has 0 aliphatic rings. The third-order valence-electron chi connectivity index (χ3n) is 3.16. The van der Waals surface area contributed by atoms with Crippen LogP contribution < -0.4 is 10.6 Å². The van der Waals surface area contributed by atoms with Crippen LogP contribution in [0.15, 0.2) is 36.9 Å². The molecule has 0 heterocycles. The highest BCUT2D eigenvalue weighted by Gasteiger charge is 2.26. The Morgan fingerprint density at radius 3 is 2.42 bits per heavy atom. The van der Waals surface area contributed by atoms with Crippen molar-refractivity contribution in [2.45, 2.75) is 19.8 Å². The summed E-state index contributed by atoms with van der Waals surface area (Å²) in [6.07, 6.45) is 1.48. The Hall–Kier alpha value is -2.34. The summed E-state index contributed by atoms with van der Waals surface area (Å²) in [6.45, 7) is 6.89. The van der Waals surface area contributed by atoms with Crippen molar-refractivity contribution in [1.82, 2.24) is 10.6 Å². The van der Waals surface area contributed by atoms with E-state index in [1.807, 2.05) is 13.8 Å². The number of ether oxygens (including phenoxy) is 1. The predicted octanol–water partition coefficient (Wildman–Crippen LogP) is 2.63. The van der Waals surface area contributed by atoms with Gasteiger partial charge in [-0.05, 0) is 23.6 Å². The molecule has 0 aliphatic heterocycles. The van der Waals surface area contributed by atoms with Gasteiger partial charge in [-0.2, -0.15) is 0 Å². The lowest BCUT2D eigenvalue weighted by atomic mass is 9.88. The molecule has 1 aromatic rings. The molecule has 0 aromatic heterocycles. The van der Waals surface area contributed by atoms with Crippen LogP contribution in [0, 0.1) is 5.92 Å². The smallest absolute Gasteiger partial charge is 0.321 e. The maximum atomic E-state index is 12.3. The SMILES string of the molecule is C=CCNC(=O)NC(=O)COC(=O)[C@H](c1ccc(Cl)cc1)C(C)C. The number of rotatable bonds is 7. The number of carbonyl (C=O) groups excluding carboxylic acids is 3. The first kappa shape index (κ1) is 19.7. The Morgan fingerprint density at radius 2 is 1.88 bits per heavy atom.